The van der Waals surface area contributed by atoms with Crippen LogP contribution in [0.3, 0.4) is 0 Å². The second-order valence-electron chi connectivity index (χ2n) is 6.92. The smallest absolute Gasteiger partial charge is 0.114 e. The monoisotopic (exact) mass is 525 g/mol. The normalized spacial score (nSPS) is 10.9. The Hall–Kier alpha value is -1.73. The van der Waals surface area contributed by atoms with Crippen molar-refractivity contribution in [3.8, 4) is 0 Å². The van der Waals surface area contributed by atoms with Gasteiger partial charge in [-0.2, -0.15) is 0 Å². The lowest BCUT2D eigenvalue weighted by Crippen LogP contribution is -2.32. The van der Waals surface area contributed by atoms with E-state index in [2.05, 4.69) is 131 Å². The summed E-state index contributed by atoms with van der Waals surface area (Å²) in [5, 5.41) is 5.18. The molecule has 0 unspecified atom stereocenters. The van der Waals surface area contributed by atoms with E-state index in [-0.39, 0.29) is 17.0 Å². The standard InChI is InChI=1S/C26H23BrP.BrH/c27-20-22-16-18-23(19-17-22)21-28(24-10-4-1-5-11-24,25-12-6-2-7-13-25)26-14-8-3-9-15-26;/h1-19H,20-21H2;1H/q+1;. The number of halogens is 2. The Morgan fingerprint density at radius 2 is 0.828 bits per heavy atom. The fraction of sp³-hybridized carbons (Fsp3) is 0.0769. The summed E-state index contributed by atoms with van der Waals surface area (Å²) in [7, 11) is -1.81. The van der Waals surface area contributed by atoms with Gasteiger partial charge in [0.05, 0.1) is 6.16 Å². The molecule has 0 aromatic heterocycles. The van der Waals surface area contributed by atoms with E-state index in [1.54, 1.807) is 0 Å². The van der Waals surface area contributed by atoms with Crippen LogP contribution in [0.5, 0.6) is 0 Å². The molecule has 0 bridgehead atoms. The molecule has 0 N–H and O–H groups in total. The molecule has 3 heteroatoms. The molecule has 0 saturated carbocycles. The molecule has 0 aliphatic heterocycles. The quantitative estimate of drug-likeness (QED) is 0.195. The Kier molecular flexibility index (Phi) is 7.84. The van der Waals surface area contributed by atoms with Crippen LogP contribution in [0.1, 0.15) is 11.1 Å². The van der Waals surface area contributed by atoms with Gasteiger partial charge in [-0.3, -0.25) is 0 Å². The van der Waals surface area contributed by atoms with E-state index >= 15 is 0 Å². The van der Waals surface area contributed by atoms with Crippen molar-refractivity contribution in [1.82, 2.24) is 0 Å². The minimum Gasteiger partial charge on any atom is -0.114 e. The first-order valence-corrected chi connectivity index (χ1v) is 12.6. The van der Waals surface area contributed by atoms with Gasteiger partial charge in [-0.1, -0.05) is 94.8 Å². The van der Waals surface area contributed by atoms with Crippen molar-refractivity contribution >= 4 is 56.1 Å². The van der Waals surface area contributed by atoms with Gasteiger partial charge in [-0.15, -0.1) is 17.0 Å². The molecule has 0 nitrogen and oxygen atoms in total. The Bertz CT molecular complexity index is 904. The highest BCUT2D eigenvalue weighted by Gasteiger charge is 2.45. The summed E-state index contributed by atoms with van der Waals surface area (Å²) in [5.41, 5.74) is 2.70. The maximum absolute atomic E-state index is 3.56. The largest absolute Gasteiger partial charge is 0.116 e. The second kappa shape index (κ2) is 10.3. The molecule has 0 aliphatic carbocycles. The lowest BCUT2D eigenvalue weighted by Gasteiger charge is -2.28. The predicted molar refractivity (Wildman–Crippen MR) is 138 cm³/mol. The third-order valence-electron chi connectivity index (χ3n) is 5.19. The topological polar surface area (TPSA) is 0 Å². The minimum atomic E-state index is -1.81. The van der Waals surface area contributed by atoms with Crippen LogP contribution in [-0.4, -0.2) is 0 Å². The molecule has 4 aromatic rings. The van der Waals surface area contributed by atoms with Crippen LogP contribution < -0.4 is 15.9 Å². The molecule has 0 spiro atoms. The van der Waals surface area contributed by atoms with Crippen LogP contribution in [0.4, 0.5) is 0 Å². The van der Waals surface area contributed by atoms with E-state index in [1.807, 2.05) is 0 Å². The van der Waals surface area contributed by atoms with E-state index in [9.17, 15) is 0 Å². The maximum Gasteiger partial charge on any atom is 0.116 e. The van der Waals surface area contributed by atoms with Crippen molar-refractivity contribution in [3.05, 3.63) is 126 Å². The molecule has 0 aliphatic rings. The van der Waals surface area contributed by atoms with Crippen LogP contribution in [0.2, 0.25) is 0 Å². The van der Waals surface area contributed by atoms with Crippen LogP contribution >= 0.6 is 40.2 Å². The number of rotatable bonds is 6. The molecule has 4 aromatic carbocycles. The highest BCUT2D eigenvalue weighted by molar-refractivity contribution is 9.08. The van der Waals surface area contributed by atoms with Gasteiger partial charge in [0.15, 0.2) is 0 Å². The van der Waals surface area contributed by atoms with Gasteiger partial charge in [0.1, 0.15) is 23.2 Å². The Balaban J connectivity index is 0.00000240. The van der Waals surface area contributed by atoms with E-state index < -0.39 is 7.26 Å². The average molecular weight is 527 g/mol. The zero-order valence-corrected chi connectivity index (χ0v) is 20.3. The first-order chi connectivity index (χ1) is 13.8. The molecule has 0 heterocycles. The van der Waals surface area contributed by atoms with Crippen LogP contribution in [0.25, 0.3) is 0 Å². The fourth-order valence-corrected chi connectivity index (χ4v) is 8.39. The van der Waals surface area contributed by atoms with Gasteiger partial charge in [-0.25, -0.2) is 0 Å². The van der Waals surface area contributed by atoms with E-state index in [0.29, 0.717) is 0 Å². The Morgan fingerprint density at radius 1 is 0.483 bits per heavy atom. The number of hydrogen-bond acceptors (Lipinski definition) is 0. The zero-order valence-electron chi connectivity index (χ0n) is 16.1. The van der Waals surface area contributed by atoms with Crippen molar-refractivity contribution in [2.45, 2.75) is 11.5 Å². The second-order valence-corrected chi connectivity index (χ2v) is 11.0. The molecule has 146 valence electrons. The summed E-state index contributed by atoms with van der Waals surface area (Å²) < 4.78 is 0. The van der Waals surface area contributed by atoms with E-state index in [4.69, 9.17) is 0 Å². The third-order valence-corrected chi connectivity index (χ3v) is 10.2. The third kappa shape index (κ3) is 4.72. The maximum atomic E-state index is 3.56. The van der Waals surface area contributed by atoms with Gasteiger partial charge in [-0.05, 0) is 47.5 Å². The van der Waals surface area contributed by atoms with Gasteiger partial charge in [0.2, 0.25) is 0 Å². The molecular formula is C26H24Br2P+. The average Bonchev–Trinajstić information content (AvgIpc) is 2.80. The molecule has 0 amide bonds. The molecule has 0 saturated heterocycles. The Morgan fingerprint density at radius 3 is 1.17 bits per heavy atom. The summed E-state index contributed by atoms with van der Waals surface area (Å²) >= 11 is 3.56. The SMILES string of the molecule is Br.BrCc1ccc(C[P+](c2ccccc2)(c2ccccc2)c2ccccc2)cc1. The summed E-state index contributed by atoms with van der Waals surface area (Å²) in [5.74, 6) is 0. The lowest BCUT2D eigenvalue weighted by atomic mass is 10.2. The molecule has 4 rings (SSSR count). The lowest BCUT2D eigenvalue weighted by molar-refractivity contribution is 1.34. The van der Waals surface area contributed by atoms with Gasteiger partial charge in [0, 0.05) is 5.33 Å². The highest BCUT2D eigenvalue weighted by atomic mass is 79.9. The summed E-state index contributed by atoms with van der Waals surface area (Å²) in [4.78, 5) is 0. The van der Waals surface area contributed by atoms with Crippen LogP contribution in [-0.2, 0) is 11.5 Å². The van der Waals surface area contributed by atoms with Crippen molar-refractivity contribution in [3.63, 3.8) is 0 Å². The number of benzene rings is 4. The Labute approximate surface area is 193 Å². The number of alkyl halides is 1. The molecule has 29 heavy (non-hydrogen) atoms. The van der Waals surface area contributed by atoms with Gasteiger partial charge in [0.25, 0.3) is 0 Å². The first kappa shape index (κ1) is 22.0. The van der Waals surface area contributed by atoms with Crippen molar-refractivity contribution in [2.75, 3.05) is 0 Å². The zero-order chi connectivity index (χ0) is 19.2. The molecule has 0 radical (unpaired) electrons. The summed E-state index contributed by atoms with van der Waals surface area (Å²) in [6, 6.07) is 42.2. The highest BCUT2D eigenvalue weighted by Crippen LogP contribution is 2.58. The van der Waals surface area contributed by atoms with Crippen molar-refractivity contribution < 1.29 is 0 Å². The minimum absolute atomic E-state index is 0. The molecule has 0 atom stereocenters. The predicted octanol–water partition coefficient (Wildman–Crippen LogP) is 6.65. The van der Waals surface area contributed by atoms with Crippen LogP contribution in [0.15, 0.2) is 115 Å². The molecular weight excluding hydrogens is 503 g/mol. The number of hydrogen-bond donors (Lipinski definition) is 0. The summed E-state index contributed by atoms with van der Waals surface area (Å²) in [6.07, 6.45) is 1.02. The van der Waals surface area contributed by atoms with Gasteiger partial charge < -0.3 is 0 Å². The van der Waals surface area contributed by atoms with Crippen LogP contribution in [0, 0.1) is 0 Å². The summed E-state index contributed by atoms with van der Waals surface area (Å²) in [6.45, 7) is 0. The van der Waals surface area contributed by atoms with E-state index in [1.165, 1.54) is 27.0 Å². The van der Waals surface area contributed by atoms with Crippen molar-refractivity contribution in [1.29, 1.82) is 0 Å². The first-order valence-electron chi connectivity index (χ1n) is 9.51. The fourth-order valence-electron chi connectivity index (χ4n) is 3.78. The van der Waals surface area contributed by atoms with E-state index in [0.717, 1.165) is 11.5 Å². The van der Waals surface area contributed by atoms with Gasteiger partial charge >= 0.3 is 0 Å². The molecule has 0 fully saturated rings. The van der Waals surface area contributed by atoms with Crippen molar-refractivity contribution in [2.24, 2.45) is 0 Å².